The Morgan fingerprint density at radius 2 is 2.12 bits per heavy atom. The average molecular weight is 337 g/mol. The second-order valence-corrected chi connectivity index (χ2v) is 6.35. The number of H-pyrrole nitrogens is 2. The number of hydrogen-bond donors (Lipinski definition) is 4. The minimum atomic E-state index is -0.721. The number of aromatic nitrogens is 2. The molecule has 0 spiro atoms. The van der Waals surface area contributed by atoms with Crippen molar-refractivity contribution in [3.8, 4) is 11.3 Å². The van der Waals surface area contributed by atoms with Gasteiger partial charge in [0.15, 0.2) is 0 Å². The van der Waals surface area contributed by atoms with E-state index in [1.165, 1.54) is 6.07 Å². The predicted molar refractivity (Wildman–Crippen MR) is 93.0 cm³/mol. The fourth-order valence-corrected chi connectivity index (χ4v) is 3.12. The lowest BCUT2D eigenvalue weighted by atomic mass is 10.1. The van der Waals surface area contributed by atoms with Crippen LogP contribution in [-0.2, 0) is 6.54 Å². The summed E-state index contributed by atoms with van der Waals surface area (Å²) in [5, 5.41) is 10.4. The van der Waals surface area contributed by atoms with Crippen molar-refractivity contribution in [2.24, 2.45) is 5.73 Å². The van der Waals surface area contributed by atoms with E-state index >= 15 is 0 Å². The van der Waals surface area contributed by atoms with Crippen LogP contribution in [0.3, 0.4) is 0 Å². The van der Waals surface area contributed by atoms with E-state index < -0.39 is 11.5 Å². The minimum absolute atomic E-state index is 0.0381. The third-order valence-electron chi connectivity index (χ3n) is 4.41. The summed E-state index contributed by atoms with van der Waals surface area (Å²) in [6.07, 6.45) is -0.214. The summed E-state index contributed by atoms with van der Waals surface area (Å²) in [5.41, 5.74) is 7.83. The Morgan fingerprint density at radius 1 is 1.32 bits per heavy atom. The van der Waals surface area contributed by atoms with E-state index in [0.29, 0.717) is 24.3 Å². The monoisotopic (exact) mass is 337 g/mol. The number of carbonyl (C=O) groups excluding carboxylic acids is 1. The van der Waals surface area contributed by atoms with Gasteiger partial charge >= 0.3 is 0 Å². The third-order valence-corrected chi connectivity index (χ3v) is 4.41. The second-order valence-electron chi connectivity index (χ2n) is 6.35. The van der Waals surface area contributed by atoms with Gasteiger partial charge in [0.25, 0.3) is 11.5 Å². The maximum absolute atomic E-state index is 12.2. The molecule has 5 N–H and O–H groups in total. The number of primary amides is 1. The van der Waals surface area contributed by atoms with E-state index in [9.17, 15) is 14.7 Å². The number of rotatable bonds is 4. The number of β-amino-alcohol motifs (C(OH)–C–C–N with tert-alkyl or cyclic N) is 1. The highest BCUT2D eigenvalue weighted by molar-refractivity contribution is 5.91. The first-order valence-corrected chi connectivity index (χ1v) is 7.97. The molecular formula is C18H17N4O3. The highest BCUT2D eigenvalue weighted by Gasteiger charge is 2.24. The summed E-state index contributed by atoms with van der Waals surface area (Å²) in [6.45, 7) is 2.19. The molecule has 1 aliphatic heterocycles. The van der Waals surface area contributed by atoms with Crippen molar-refractivity contribution in [2.45, 2.75) is 12.6 Å². The summed E-state index contributed by atoms with van der Waals surface area (Å²) >= 11 is 0. The molecule has 0 bridgehead atoms. The van der Waals surface area contributed by atoms with E-state index in [-0.39, 0.29) is 11.8 Å². The van der Waals surface area contributed by atoms with Gasteiger partial charge in [-0.3, -0.25) is 14.5 Å². The zero-order valence-electron chi connectivity index (χ0n) is 13.4. The molecule has 1 aliphatic rings. The molecule has 0 aliphatic carbocycles. The molecule has 3 heterocycles. The van der Waals surface area contributed by atoms with Crippen LogP contribution in [0, 0.1) is 6.07 Å². The largest absolute Gasteiger partial charge is 0.390 e. The van der Waals surface area contributed by atoms with Crippen LogP contribution >= 0.6 is 0 Å². The molecule has 1 amide bonds. The standard InChI is InChI=1S/C18H17N4O3/c19-17(24)15-4-2-13(18(25)21-15)16-6-11-5-10(1-3-14(11)20-16)7-22-8-12(23)9-22/h1-3,5-6,12,20,23H,7-9H2,(H2,19,24)(H,21,25). The molecule has 3 aromatic rings. The number of hydrogen-bond acceptors (Lipinski definition) is 4. The van der Waals surface area contributed by atoms with Crippen molar-refractivity contribution in [1.29, 1.82) is 0 Å². The molecule has 25 heavy (non-hydrogen) atoms. The van der Waals surface area contributed by atoms with Crippen LogP contribution in [0.2, 0.25) is 0 Å². The number of nitrogens with one attached hydrogen (secondary N) is 2. The zero-order valence-corrected chi connectivity index (χ0v) is 13.4. The SMILES string of the molecule is NC(=O)c1[c]cc(-c2cc3cc(CN4CC(O)C4)ccc3[nH]2)c(=O)[nH]1. The normalized spacial score (nSPS) is 15.4. The molecule has 0 saturated carbocycles. The Bertz CT molecular complexity index is 1010. The number of benzene rings is 1. The van der Waals surface area contributed by atoms with Crippen LogP contribution in [0.1, 0.15) is 16.1 Å². The molecule has 127 valence electrons. The van der Waals surface area contributed by atoms with Crippen molar-refractivity contribution in [3.05, 3.63) is 58.0 Å². The number of nitrogens with two attached hydrogens (primary N) is 1. The van der Waals surface area contributed by atoms with E-state index in [1.54, 1.807) is 0 Å². The molecule has 0 unspecified atom stereocenters. The van der Waals surface area contributed by atoms with Crippen molar-refractivity contribution >= 4 is 16.8 Å². The van der Waals surface area contributed by atoms with Gasteiger partial charge in [-0.1, -0.05) is 6.07 Å². The fourth-order valence-electron chi connectivity index (χ4n) is 3.12. The lowest BCUT2D eigenvalue weighted by Gasteiger charge is -2.35. The van der Waals surface area contributed by atoms with E-state index in [0.717, 1.165) is 23.0 Å². The number of nitrogens with zero attached hydrogens (tertiary/aromatic N) is 1. The van der Waals surface area contributed by atoms with Crippen LogP contribution in [0.4, 0.5) is 0 Å². The van der Waals surface area contributed by atoms with Crippen molar-refractivity contribution in [3.63, 3.8) is 0 Å². The number of aliphatic hydroxyl groups is 1. The predicted octanol–water partition coefficient (Wildman–Crippen LogP) is 0.599. The Morgan fingerprint density at radius 3 is 2.80 bits per heavy atom. The molecule has 1 aromatic carbocycles. The lowest BCUT2D eigenvalue weighted by molar-refractivity contribution is -0.00284. The fraction of sp³-hybridized carbons (Fsp3) is 0.222. The Hall–Kier alpha value is -2.90. The Balaban J connectivity index is 1.65. The van der Waals surface area contributed by atoms with Gasteiger partial charge in [0, 0.05) is 36.6 Å². The summed E-state index contributed by atoms with van der Waals surface area (Å²) in [7, 11) is 0. The average Bonchev–Trinajstić information content (AvgIpc) is 2.96. The molecule has 4 rings (SSSR count). The minimum Gasteiger partial charge on any atom is -0.390 e. The Kier molecular flexibility index (Phi) is 3.67. The summed E-state index contributed by atoms with van der Waals surface area (Å²) in [5.74, 6) is -0.721. The topological polar surface area (TPSA) is 115 Å². The number of carbonyl (C=O) groups is 1. The van der Waals surface area contributed by atoms with Crippen LogP contribution in [0.5, 0.6) is 0 Å². The van der Waals surface area contributed by atoms with Gasteiger partial charge in [0.2, 0.25) is 0 Å². The molecular weight excluding hydrogens is 320 g/mol. The first kappa shape index (κ1) is 15.6. The maximum atomic E-state index is 12.2. The van der Waals surface area contributed by atoms with Crippen LogP contribution in [0.25, 0.3) is 22.2 Å². The van der Waals surface area contributed by atoms with Crippen molar-refractivity contribution in [1.82, 2.24) is 14.9 Å². The summed E-state index contributed by atoms with van der Waals surface area (Å²) in [6, 6.07) is 12.1. The Labute approximate surface area is 143 Å². The molecule has 1 saturated heterocycles. The van der Waals surface area contributed by atoms with Gasteiger partial charge in [-0.2, -0.15) is 0 Å². The summed E-state index contributed by atoms with van der Waals surface area (Å²) < 4.78 is 0. The van der Waals surface area contributed by atoms with Crippen molar-refractivity contribution in [2.75, 3.05) is 13.1 Å². The first-order valence-electron chi connectivity index (χ1n) is 7.97. The van der Waals surface area contributed by atoms with E-state index in [1.807, 2.05) is 18.2 Å². The van der Waals surface area contributed by atoms with Gasteiger partial charge in [-0.05, 0) is 29.8 Å². The van der Waals surface area contributed by atoms with Gasteiger partial charge in [0.1, 0.15) is 5.69 Å². The zero-order chi connectivity index (χ0) is 17.6. The molecule has 7 heteroatoms. The number of fused-ring (bicyclic) bond motifs is 1. The second kappa shape index (κ2) is 5.87. The summed E-state index contributed by atoms with van der Waals surface area (Å²) in [4.78, 5) is 31.1. The lowest BCUT2D eigenvalue weighted by Crippen LogP contribution is -2.49. The van der Waals surface area contributed by atoms with E-state index in [2.05, 4.69) is 27.0 Å². The number of likely N-dealkylation sites (tertiary alicyclic amines) is 1. The first-order chi connectivity index (χ1) is 12.0. The van der Waals surface area contributed by atoms with Gasteiger partial charge < -0.3 is 20.8 Å². The van der Waals surface area contributed by atoms with Gasteiger partial charge in [0.05, 0.1) is 17.4 Å². The van der Waals surface area contributed by atoms with Gasteiger partial charge in [-0.25, -0.2) is 0 Å². The number of pyridine rings is 1. The number of aliphatic hydroxyl groups excluding tert-OH is 1. The molecule has 0 atom stereocenters. The molecule has 2 aromatic heterocycles. The van der Waals surface area contributed by atoms with E-state index in [4.69, 9.17) is 5.73 Å². The molecule has 7 nitrogen and oxygen atoms in total. The number of amides is 1. The van der Waals surface area contributed by atoms with Crippen LogP contribution < -0.4 is 11.3 Å². The highest BCUT2D eigenvalue weighted by Crippen LogP contribution is 2.24. The van der Waals surface area contributed by atoms with Crippen LogP contribution in [-0.4, -0.2) is 45.1 Å². The highest BCUT2D eigenvalue weighted by atomic mass is 16.3. The quantitative estimate of drug-likeness (QED) is 0.558. The van der Waals surface area contributed by atoms with Crippen molar-refractivity contribution < 1.29 is 9.90 Å². The maximum Gasteiger partial charge on any atom is 0.265 e. The number of aromatic amines is 2. The molecule has 1 radical (unpaired) electrons. The van der Waals surface area contributed by atoms with Crippen LogP contribution in [0.15, 0.2) is 35.1 Å². The molecule has 1 fully saturated rings. The van der Waals surface area contributed by atoms with Gasteiger partial charge in [-0.15, -0.1) is 0 Å². The third kappa shape index (κ3) is 2.95. The smallest absolute Gasteiger partial charge is 0.265 e.